The summed E-state index contributed by atoms with van der Waals surface area (Å²) in [5.74, 6) is 1.68. The summed E-state index contributed by atoms with van der Waals surface area (Å²) in [5.41, 5.74) is 0. The van der Waals surface area contributed by atoms with Crippen molar-refractivity contribution in [1.82, 2.24) is 10.2 Å². The Bertz CT molecular complexity index is 148. The van der Waals surface area contributed by atoms with Crippen molar-refractivity contribution < 1.29 is 0 Å². The molecule has 0 spiro atoms. The van der Waals surface area contributed by atoms with Gasteiger partial charge in [0.25, 0.3) is 0 Å². The SMILES string of the molecule is CN[C@H](CN1CCC(C)CC1)C(C)C. The van der Waals surface area contributed by atoms with Gasteiger partial charge in [-0.05, 0) is 44.8 Å². The molecule has 14 heavy (non-hydrogen) atoms. The zero-order chi connectivity index (χ0) is 10.6. The lowest BCUT2D eigenvalue weighted by molar-refractivity contribution is 0.165. The van der Waals surface area contributed by atoms with Gasteiger partial charge < -0.3 is 10.2 Å². The predicted molar refractivity (Wildman–Crippen MR) is 62.5 cm³/mol. The van der Waals surface area contributed by atoms with Crippen LogP contribution in [0.2, 0.25) is 0 Å². The van der Waals surface area contributed by atoms with Crippen molar-refractivity contribution in [2.24, 2.45) is 11.8 Å². The summed E-state index contributed by atoms with van der Waals surface area (Å²) in [7, 11) is 2.08. The highest BCUT2D eigenvalue weighted by atomic mass is 15.2. The van der Waals surface area contributed by atoms with Crippen molar-refractivity contribution >= 4 is 0 Å². The lowest BCUT2D eigenvalue weighted by atomic mass is 9.97. The molecule has 0 bridgehead atoms. The Morgan fingerprint density at radius 3 is 2.29 bits per heavy atom. The first-order chi connectivity index (χ1) is 6.63. The van der Waals surface area contributed by atoms with Crippen LogP contribution in [0, 0.1) is 11.8 Å². The van der Waals surface area contributed by atoms with Crippen LogP contribution in [0.1, 0.15) is 33.6 Å². The zero-order valence-corrected chi connectivity index (χ0v) is 10.2. The van der Waals surface area contributed by atoms with E-state index in [4.69, 9.17) is 0 Å². The molecule has 2 nitrogen and oxygen atoms in total. The van der Waals surface area contributed by atoms with Crippen molar-refractivity contribution in [3.63, 3.8) is 0 Å². The number of likely N-dealkylation sites (N-methyl/N-ethyl adjacent to an activating group) is 1. The number of rotatable bonds is 4. The Morgan fingerprint density at radius 2 is 1.86 bits per heavy atom. The maximum absolute atomic E-state index is 3.42. The van der Waals surface area contributed by atoms with Crippen LogP contribution in [0.4, 0.5) is 0 Å². The maximum atomic E-state index is 3.42. The van der Waals surface area contributed by atoms with Gasteiger partial charge in [0.2, 0.25) is 0 Å². The van der Waals surface area contributed by atoms with Gasteiger partial charge >= 0.3 is 0 Å². The molecule has 1 fully saturated rings. The summed E-state index contributed by atoms with van der Waals surface area (Å²) in [5, 5.41) is 3.42. The van der Waals surface area contributed by atoms with Crippen LogP contribution >= 0.6 is 0 Å². The number of likely N-dealkylation sites (tertiary alicyclic amines) is 1. The summed E-state index contributed by atoms with van der Waals surface area (Å²) in [6, 6.07) is 0.656. The van der Waals surface area contributed by atoms with Crippen molar-refractivity contribution in [3.05, 3.63) is 0 Å². The number of hydrogen-bond donors (Lipinski definition) is 1. The molecule has 0 aromatic carbocycles. The van der Waals surface area contributed by atoms with Gasteiger partial charge in [0, 0.05) is 12.6 Å². The molecule has 1 aliphatic rings. The summed E-state index contributed by atoms with van der Waals surface area (Å²) in [6.45, 7) is 10.8. The van der Waals surface area contributed by atoms with Gasteiger partial charge in [0.15, 0.2) is 0 Å². The number of piperidine rings is 1. The third kappa shape index (κ3) is 3.58. The quantitative estimate of drug-likeness (QED) is 0.743. The van der Waals surface area contributed by atoms with E-state index in [-0.39, 0.29) is 0 Å². The first-order valence-corrected chi connectivity index (χ1v) is 6.03. The Hall–Kier alpha value is -0.0800. The van der Waals surface area contributed by atoms with Gasteiger partial charge in [-0.15, -0.1) is 0 Å². The molecular weight excluding hydrogens is 172 g/mol. The molecule has 84 valence electrons. The molecule has 0 amide bonds. The summed E-state index contributed by atoms with van der Waals surface area (Å²) < 4.78 is 0. The highest BCUT2D eigenvalue weighted by molar-refractivity contribution is 4.77. The average molecular weight is 198 g/mol. The van der Waals surface area contributed by atoms with Crippen molar-refractivity contribution in [2.75, 3.05) is 26.7 Å². The molecule has 1 rings (SSSR count). The largest absolute Gasteiger partial charge is 0.315 e. The molecule has 0 aliphatic carbocycles. The standard InChI is InChI=1S/C12H26N2/c1-10(2)12(13-4)9-14-7-5-11(3)6-8-14/h10-13H,5-9H2,1-4H3/t12-/m1/s1. The van der Waals surface area contributed by atoms with Crippen LogP contribution in [0.3, 0.4) is 0 Å². The van der Waals surface area contributed by atoms with E-state index >= 15 is 0 Å². The van der Waals surface area contributed by atoms with Crippen LogP contribution in [0.5, 0.6) is 0 Å². The topological polar surface area (TPSA) is 15.3 Å². The van der Waals surface area contributed by atoms with Crippen LogP contribution < -0.4 is 5.32 Å². The fourth-order valence-electron chi connectivity index (χ4n) is 2.16. The van der Waals surface area contributed by atoms with Gasteiger partial charge in [-0.1, -0.05) is 20.8 Å². The highest BCUT2D eigenvalue weighted by Crippen LogP contribution is 2.16. The first-order valence-electron chi connectivity index (χ1n) is 6.03. The Kier molecular flexibility index (Phi) is 4.90. The van der Waals surface area contributed by atoms with E-state index in [1.807, 2.05) is 0 Å². The minimum Gasteiger partial charge on any atom is -0.315 e. The lowest BCUT2D eigenvalue weighted by Gasteiger charge is -2.34. The molecular formula is C12H26N2. The normalized spacial score (nSPS) is 22.9. The van der Waals surface area contributed by atoms with E-state index in [1.165, 1.54) is 32.5 Å². The third-order valence-electron chi connectivity index (χ3n) is 3.51. The monoisotopic (exact) mass is 198 g/mol. The first kappa shape index (κ1) is 12.0. The molecule has 2 heteroatoms. The molecule has 1 aliphatic heterocycles. The fraction of sp³-hybridized carbons (Fsp3) is 1.00. The second-order valence-corrected chi connectivity index (χ2v) is 5.12. The van der Waals surface area contributed by atoms with E-state index in [0.29, 0.717) is 6.04 Å². The van der Waals surface area contributed by atoms with E-state index in [9.17, 15) is 0 Å². The van der Waals surface area contributed by atoms with Crippen molar-refractivity contribution in [3.8, 4) is 0 Å². The van der Waals surface area contributed by atoms with Crippen LogP contribution in [0.25, 0.3) is 0 Å². The molecule has 1 N–H and O–H groups in total. The Morgan fingerprint density at radius 1 is 1.29 bits per heavy atom. The molecule has 0 aromatic rings. The Balaban J connectivity index is 2.29. The predicted octanol–water partition coefficient (Wildman–Crippen LogP) is 1.96. The molecule has 0 unspecified atom stereocenters. The smallest absolute Gasteiger partial charge is 0.0214 e. The second kappa shape index (κ2) is 5.72. The van der Waals surface area contributed by atoms with Crippen molar-refractivity contribution in [1.29, 1.82) is 0 Å². The maximum Gasteiger partial charge on any atom is 0.0214 e. The van der Waals surface area contributed by atoms with Crippen LogP contribution in [-0.4, -0.2) is 37.6 Å². The molecule has 1 heterocycles. The summed E-state index contributed by atoms with van der Waals surface area (Å²) in [6.07, 6.45) is 2.77. The lowest BCUT2D eigenvalue weighted by Crippen LogP contribution is -2.45. The van der Waals surface area contributed by atoms with Crippen LogP contribution in [0.15, 0.2) is 0 Å². The number of hydrogen-bond acceptors (Lipinski definition) is 2. The molecule has 1 atom stereocenters. The molecule has 0 saturated carbocycles. The number of nitrogens with one attached hydrogen (secondary N) is 1. The minimum absolute atomic E-state index is 0.656. The van der Waals surface area contributed by atoms with Gasteiger partial charge in [-0.2, -0.15) is 0 Å². The average Bonchev–Trinajstić information content (AvgIpc) is 2.16. The minimum atomic E-state index is 0.656. The summed E-state index contributed by atoms with van der Waals surface area (Å²) in [4.78, 5) is 2.61. The zero-order valence-electron chi connectivity index (χ0n) is 10.2. The van der Waals surface area contributed by atoms with E-state index in [0.717, 1.165) is 11.8 Å². The van der Waals surface area contributed by atoms with Gasteiger partial charge in [0.05, 0.1) is 0 Å². The van der Waals surface area contributed by atoms with E-state index in [1.54, 1.807) is 0 Å². The van der Waals surface area contributed by atoms with Crippen LogP contribution in [-0.2, 0) is 0 Å². The van der Waals surface area contributed by atoms with Gasteiger partial charge in [-0.25, -0.2) is 0 Å². The van der Waals surface area contributed by atoms with E-state index < -0.39 is 0 Å². The molecule has 0 radical (unpaired) electrons. The summed E-state index contributed by atoms with van der Waals surface area (Å²) >= 11 is 0. The second-order valence-electron chi connectivity index (χ2n) is 5.12. The van der Waals surface area contributed by atoms with Gasteiger partial charge in [-0.3, -0.25) is 0 Å². The number of nitrogens with zero attached hydrogens (tertiary/aromatic N) is 1. The highest BCUT2D eigenvalue weighted by Gasteiger charge is 2.19. The molecule has 0 aromatic heterocycles. The Labute approximate surface area is 89.1 Å². The van der Waals surface area contributed by atoms with Gasteiger partial charge in [0.1, 0.15) is 0 Å². The van der Waals surface area contributed by atoms with Crippen molar-refractivity contribution in [2.45, 2.75) is 39.7 Å². The van der Waals surface area contributed by atoms with E-state index in [2.05, 4.69) is 38.0 Å². The fourth-order valence-corrected chi connectivity index (χ4v) is 2.16. The third-order valence-corrected chi connectivity index (χ3v) is 3.51. The molecule has 1 saturated heterocycles.